The molecular weight excluding hydrogens is 283 g/mol. The molecule has 0 spiro atoms. The van der Waals surface area contributed by atoms with Crippen LogP contribution in [0.5, 0.6) is 0 Å². The van der Waals surface area contributed by atoms with Crippen LogP contribution in [0.25, 0.3) is 0 Å². The first kappa shape index (κ1) is 15.1. The van der Waals surface area contributed by atoms with Crippen LogP contribution < -0.4 is 5.32 Å². The van der Waals surface area contributed by atoms with Gasteiger partial charge in [0, 0.05) is 6.54 Å². The van der Waals surface area contributed by atoms with Gasteiger partial charge in [0.15, 0.2) is 17.5 Å². The van der Waals surface area contributed by atoms with E-state index in [-0.39, 0.29) is 12.1 Å². The minimum Gasteiger partial charge on any atom is -0.480 e. The molecule has 0 aliphatic heterocycles. The van der Waals surface area contributed by atoms with Gasteiger partial charge in [0.25, 0.3) is 0 Å². The number of carbonyl (C=O) groups is 1. The van der Waals surface area contributed by atoms with Crippen LogP contribution in [0.1, 0.15) is 17.2 Å². The first-order valence-electron chi connectivity index (χ1n) is 6.13. The summed E-state index contributed by atoms with van der Waals surface area (Å²) in [4.78, 5) is 11.2. The molecule has 3 nitrogen and oxygen atoms in total. The largest absolute Gasteiger partial charge is 0.480 e. The molecule has 0 aliphatic carbocycles. The molecule has 21 heavy (non-hydrogen) atoms. The van der Waals surface area contributed by atoms with Crippen LogP contribution >= 0.6 is 0 Å². The van der Waals surface area contributed by atoms with E-state index in [0.717, 1.165) is 12.1 Å². The molecule has 1 unspecified atom stereocenters. The second kappa shape index (κ2) is 6.41. The fraction of sp³-hybridized carbons (Fsp3) is 0.133. The minimum absolute atomic E-state index is 0.111. The quantitative estimate of drug-likeness (QED) is 0.834. The van der Waals surface area contributed by atoms with Crippen LogP contribution in [-0.4, -0.2) is 11.1 Å². The SMILES string of the molecule is O=C(O)C(NCc1cc(F)c(F)c(F)c1)c1ccccc1. The molecule has 0 heterocycles. The van der Waals surface area contributed by atoms with Gasteiger partial charge in [0.2, 0.25) is 0 Å². The van der Waals surface area contributed by atoms with Crippen molar-refractivity contribution >= 4 is 5.97 Å². The van der Waals surface area contributed by atoms with E-state index in [4.69, 9.17) is 0 Å². The van der Waals surface area contributed by atoms with E-state index in [1.807, 2.05) is 0 Å². The zero-order valence-corrected chi connectivity index (χ0v) is 10.8. The molecule has 0 saturated heterocycles. The fourth-order valence-corrected chi connectivity index (χ4v) is 1.92. The van der Waals surface area contributed by atoms with Crippen LogP contribution in [0.15, 0.2) is 42.5 Å². The number of carboxylic acid groups (broad SMARTS) is 1. The maximum Gasteiger partial charge on any atom is 0.325 e. The van der Waals surface area contributed by atoms with Crippen LogP contribution in [0.2, 0.25) is 0 Å². The third-order valence-electron chi connectivity index (χ3n) is 2.93. The molecule has 2 aromatic rings. The maximum absolute atomic E-state index is 13.1. The highest BCUT2D eigenvalue weighted by Gasteiger charge is 2.19. The Balaban J connectivity index is 2.15. The van der Waals surface area contributed by atoms with Crippen LogP contribution in [0.3, 0.4) is 0 Å². The van der Waals surface area contributed by atoms with Gasteiger partial charge in [-0.05, 0) is 23.3 Å². The molecule has 1 atom stereocenters. The van der Waals surface area contributed by atoms with E-state index in [1.54, 1.807) is 30.3 Å². The number of hydrogen-bond donors (Lipinski definition) is 2. The average Bonchev–Trinajstić information content (AvgIpc) is 2.45. The summed E-state index contributed by atoms with van der Waals surface area (Å²) in [5.74, 6) is -5.28. The molecule has 0 bridgehead atoms. The summed E-state index contributed by atoms with van der Waals surface area (Å²) < 4.78 is 39.0. The molecule has 0 amide bonds. The lowest BCUT2D eigenvalue weighted by molar-refractivity contribution is -0.139. The van der Waals surface area contributed by atoms with Crippen molar-refractivity contribution in [3.63, 3.8) is 0 Å². The highest BCUT2D eigenvalue weighted by Crippen LogP contribution is 2.16. The Kier molecular flexibility index (Phi) is 4.59. The molecule has 2 rings (SSSR count). The van der Waals surface area contributed by atoms with Crippen molar-refractivity contribution < 1.29 is 23.1 Å². The van der Waals surface area contributed by atoms with E-state index in [1.165, 1.54) is 0 Å². The molecular formula is C15H12F3NO2. The van der Waals surface area contributed by atoms with Crippen molar-refractivity contribution in [2.45, 2.75) is 12.6 Å². The van der Waals surface area contributed by atoms with E-state index < -0.39 is 29.5 Å². The normalized spacial score (nSPS) is 12.1. The third kappa shape index (κ3) is 3.61. The Morgan fingerprint density at radius 1 is 1.10 bits per heavy atom. The van der Waals surface area contributed by atoms with E-state index in [0.29, 0.717) is 5.56 Å². The van der Waals surface area contributed by atoms with Gasteiger partial charge < -0.3 is 5.11 Å². The number of hydrogen-bond acceptors (Lipinski definition) is 2. The van der Waals surface area contributed by atoms with Gasteiger partial charge in [-0.3, -0.25) is 10.1 Å². The minimum atomic E-state index is -1.54. The molecule has 110 valence electrons. The lowest BCUT2D eigenvalue weighted by atomic mass is 10.1. The molecule has 0 radical (unpaired) electrons. The number of aliphatic carboxylic acids is 1. The molecule has 2 N–H and O–H groups in total. The summed E-state index contributed by atoms with van der Waals surface area (Å²) >= 11 is 0. The molecule has 6 heteroatoms. The molecule has 0 aromatic heterocycles. The van der Waals surface area contributed by atoms with Gasteiger partial charge >= 0.3 is 5.97 Å². The average molecular weight is 295 g/mol. The van der Waals surface area contributed by atoms with E-state index in [9.17, 15) is 23.1 Å². The van der Waals surface area contributed by atoms with E-state index >= 15 is 0 Å². The standard InChI is InChI=1S/C15H12F3NO2/c16-11-6-9(7-12(17)13(11)18)8-19-14(15(20)21)10-4-2-1-3-5-10/h1-7,14,19H,8H2,(H,20,21). The first-order chi connectivity index (χ1) is 9.99. The van der Waals surface area contributed by atoms with Gasteiger partial charge in [0.1, 0.15) is 6.04 Å². The molecule has 0 saturated carbocycles. The second-order valence-corrected chi connectivity index (χ2v) is 4.44. The van der Waals surface area contributed by atoms with Gasteiger partial charge in [0.05, 0.1) is 0 Å². The summed E-state index contributed by atoms with van der Waals surface area (Å²) in [6.07, 6.45) is 0. The Hall–Kier alpha value is -2.34. The number of carboxylic acids is 1. The Bertz CT molecular complexity index is 624. The monoisotopic (exact) mass is 295 g/mol. The van der Waals surface area contributed by atoms with Gasteiger partial charge in [-0.15, -0.1) is 0 Å². The third-order valence-corrected chi connectivity index (χ3v) is 2.93. The van der Waals surface area contributed by atoms with Gasteiger partial charge in [-0.2, -0.15) is 0 Å². The number of benzene rings is 2. The number of halogens is 3. The zero-order valence-electron chi connectivity index (χ0n) is 10.8. The Morgan fingerprint density at radius 3 is 2.19 bits per heavy atom. The van der Waals surface area contributed by atoms with Crippen molar-refractivity contribution in [2.75, 3.05) is 0 Å². The maximum atomic E-state index is 13.1. The smallest absolute Gasteiger partial charge is 0.325 e. The molecule has 2 aromatic carbocycles. The van der Waals surface area contributed by atoms with Crippen molar-refractivity contribution in [3.05, 3.63) is 71.0 Å². The van der Waals surface area contributed by atoms with Crippen molar-refractivity contribution in [3.8, 4) is 0 Å². The summed E-state index contributed by atoms with van der Waals surface area (Å²) in [6, 6.07) is 8.99. The fourth-order valence-electron chi connectivity index (χ4n) is 1.92. The lowest BCUT2D eigenvalue weighted by Gasteiger charge is -2.15. The number of nitrogens with one attached hydrogen (secondary N) is 1. The van der Waals surface area contributed by atoms with E-state index in [2.05, 4.69) is 5.32 Å². The molecule has 0 fully saturated rings. The van der Waals surface area contributed by atoms with Crippen LogP contribution in [-0.2, 0) is 11.3 Å². The summed E-state index contributed by atoms with van der Waals surface area (Å²) in [5, 5.41) is 11.9. The summed E-state index contributed by atoms with van der Waals surface area (Å²) in [7, 11) is 0. The van der Waals surface area contributed by atoms with Gasteiger partial charge in [-0.25, -0.2) is 13.2 Å². The van der Waals surface area contributed by atoms with Crippen molar-refractivity contribution in [2.24, 2.45) is 0 Å². The zero-order chi connectivity index (χ0) is 15.4. The van der Waals surface area contributed by atoms with Crippen LogP contribution in [0, 0.1) is 17.5 Å². The second-order valence-electron chi connectivity index (χ2n) is 4.44. The Morgan fingerprint density at radius 2 is 1.67 bits per heavy atom. The number of rotatable bonds is 5. The predicted octanol–water partition coefficient (Wildman–Crippen LogP) is 3.02. The molecule has 0 aliphatic rings. The van der Waals surface area contributed by atoms with Crippen LogP contribution in [0.4, 0.5) is 13.2 Å². The lowest BCUT2D eigenvalue weighted by Crippen LogP contribution is -2.28. The predicted molar refractivity (Wildman–Crippen MR) is 70.0 cm³/mol. The first-order valence-corrected chi connectivity index (χ1v) is 6.13. The highest BCUT2D eigenvalue weighted by molar-refractivity contribution is 5.75. The van der Waals surface area contributed by atoms with Crippen molar-refractivity contribution in [1.82, 2.24) is 5.32 Å². The Labute approximate surface area is 119 Å². The van der Waals surface area contributed by atoms with Gasteiger partial charge in [-0.1, -0.05) is 30.3 Å². The summed E-state index contributed by atoms with van der Waals surface area (Å²) in [5.41, 5.74) is 0.627. The highest BCUT2D eigenvalue weighted by atomic mass is 19.2. The topological polar surface area (TPSA) is 49.3 Å². The summed E-state index contributed by atoms with van der Waals surface area (Å²) in [6.45, 7) is -0.111. The van der Waals surface area contributed by atoms with Crippen molar-refractivity contribution in [1.29, 1.82) is 0 Å².